The molecule has 1 aromatic carbocycles. The Labute approximate surface area is 169 Å². The summed E-state index contributed by atoms with van der Waals surface area (Å²) in [4.78, 5) is 14.0. The second kappa shape index (κ2) is 8.91. The number of carbonyl (C=O) groups excluding carboxylic acids is 1. The number of hydrogen-bond donors (Lipinski definition) is 2. The highest BCUT2D eigenvalue weighted by molar-refractivity contribution is 7.09. The van der Waals surface area contributed by atoms with E-state index in [1.54, 1.807) is 11.3 Å². The van der Waals surface area contributed by atoms with Crippen LogP contribution in [0.4, 0.5) is 5.82 Å². The van der Waals surface area contributed by atoms with Crippen LogP contribution in [-0.4, -0.2) is 29.6 Å². The van der Waals surface area contributed by atoms with Crippen molar-refractivity contribution in [1.29, 1.82) is 5.26 Å². The first-order valence-electron chi connectivity index (χ1n) is 9.32. The van der Waals surface area contributed by atoms with E-state index in [1.807, 2.05) is 35.7 Å². The van der Waals surface area contributed by atoms with Crippen molar-refractivity contribution in [3.63, 3.8) is 0 Å². The molecule has 0 aliphatic carbocycles. The summed E-state index contributed by atoms with van der Waals surface area (Å²) in [5, 5.41) is 12.4. The van der Waals surface area contributed by atoms with Gasteiger partial charge >= 0.3 is 0 Å². The number of primary amides is 1. The minimum Gasteiger partial charge on any atom is -0.368 e. The summed E-state index contributed by atoms with van der Waals surface area (Å²) < 4.78 is 2.15. The molecule has 0 unspecified atom stereocenters. The Morgan fingerprint density at radius 3 is 2.57 bits per heavy atom. The van der Waals surface area contributed by atoms with Crippen LogP contribution < -0.4 is 16.4 Å². The molecule has 1 aliphatic rings. The average Bonchev–Trinajstić information content (AvgIpc) is 3.43. The molecule has 1 fully saturated rings. The summed E-state index contributed by atoms with van der Waals surface area (Å²) in [7, 11) is 2.05. The van der Waals surface area contributed by atoms with E-state index >= 15 is 0 Å². The lowest BCUT2D eigenvalue weighted by Gasteiger charge is -2.18. The number of thiophene rings is 1. The number of hydrogen-bond acceptors (Lipinski definition) is 5. The lowest BCUT2D eigenvalue weighted by atomic mass is 10.2. The third kappa shape index (κ3) is 4.19. The molecule has 0 saturated carbocycles. The van der Waals surface area contributed by atoms with Crippen LogP contribution >= 0.6 is 11.3 Å². The molecule has 1 amide bonds. The molecule has 3 aromatic rings. The number of amides is 1. The maximum Gasteiger partial charge on any atom is 0.234 e. The fourth-order valence-electron chi connectivity index (χ4n) is 3.54. The minimum absolute atomic E-state index is 0.446. The van der Waals surface area contributed by atoms with Crippen LogP contribution in [0.3, 0.4) is 0 Å². The zero-order valence-electron chi connectivity index (χ0n) is 16.0. The number of fused-ring (bicyclic) bond motifs is 1. The molecule has 7 heteroatoms. The Kier molecular flexibility index (Phi) is 6.34. The van der Waals surface area contributed by atoms with Gasteiger partial charge in [-0.3, -0.25) is 4.79 Å². The third-order valence-electron chi connectivity index (χ3n) is 4.96. The van der Waals surface area contributed by atoms with Gasteiger partial charge in [-0.15, -0.1) is 11.3 Å². The van der Waals surface area contributed by atoms with Gasteiger partial charge in [0, 0.05) is 36.8 Å². The number of nitrogens with zero attached hydrogens (tertiary/aromatic N) is 3. The first-order chi connectivity index (χ1) is 13.5. The highest BCUT2D eigenvalue weighted by atomic mass is 32.1. The number of aryl methyl sites for hydroxylation is 1. The van der Waals surface area contributed by atoms with Gasteiger partial charge in [-0.1, -0.05) is 24.3 Å². The maximum atomic E-state index is 10.5. The molecule has 4 N–H and O–H groups in total. The van der Waals surface area contributed by atoms with Crippen LogP contribution in [-0.2, 0) is 18.3 Å². The highest BCUT2D eigenvalue weighted by Gasteiger charge is 2.22. The quantitative estimate of drug-likeness (QED) is 0.709. The molecule has 3 heterocycles. The molecule has 1 atom stereocenters. The number of benzene rings is 1. The summed E-state index contributed by atoms with van der Waals surface area (Å²) in [5.74, 6) is 0.643. The van der Waals surface area contributed by atoms with Gasteiger partial charge < -0.3 is 20.9 Å². The van der Waals surface area contributed by atoms with Gasteiger partial charge in [0.15, 0.2) is 0 Å². The summed E-state index contributed by atoms with van der Waals surface area (Å²) >= 11 is 1.58. The van der Waals surface area contributed by atoms with Gasteiger partial charge in [-0.2, -0.15) is 5.26 Å². The predicted molar refractivity (Wildman–Crippen MR) is 114 cm³/mol. The summed E-state index contributed by atoms with van der Waals surface area (Å²) in [5.41, 5.74) is 12.4. The van der Waals surface area contributed by atoms with Gasteiger partial charge in [0.2, 0.25) is 5.91 Å². The minimum atomic E-state index is -0.548. The van der Waals surface area contributed by atoms with E-state index < -0.39 is 11.9 Å². The monoisotopic (exact) mass is 395 g/mol. The number of anilines is 1. The van der Waals surface area contributed by atoms with E-state index in [4.69, 9.17) is 11.5 Å². The molecule has 2 aromatic heterocycles. The standard InChI is InChI=1S/C14H15N3.C7H10N2OS/c1-16-13-7-3-2-6-11(13)12(10-15)14(16)17-8-4-5-9-17;8-6(7(9)10)4-5-2-1-3-11-5/h2-3,6-7H,4-5,8-9H2,1H3;1-3,6H,4,8H2,(H2,9,10)/t;6-/m.0/s1. The van der Waals surface area contributed by atoms with Gasteiger partial charge in [0.25, 0.3) is 0 Å². The van der Waals surface area contributed by atoms with E-state index in [-0.39, 0.29) is 0 Å². The first-order valence-corrected chi connectivity index (χ1v) is 10.2. The normalized spacial score (nSPS) is 14.4. The molecule has 6 nitrogen and oxygen atoms in total. The van der Waals surface area contributed by atoms with Crippen LogP contribution in [0.5, 0.6) is 0 Å². The zero-order valence-corrected chi connectivity index (χ0v) is 16.8. The van der Waals surface area contributed by atoms with Gasteiger partial charge in [0.05, 0.1) is 11.6 Å². The Bertz CT molecular complexity index is 980. The van der Waals surface area contributed by atoms with Gasteiger partial charge in [-0.25, -0.2) is 0 Å². The number of nitriles is 1. The first kappa shape index (κ1) is 19.9. The Morgan fingerprint density at radius 2 is 1.96 bits per heavy atom. The highest BCUT2D eigenvalue weighted by Crippen LogP contribution is 2.32. The summed E-state index contributed by atoms with van der Waals surface area (Å²) in [6.07, 6.45) is 3.01. The fourth-order valence-corrected chi connectivity index (χ4v) is 4.30. The number of para-hydroxylation sites is 1. The Balaban J connectivity index is 0.000000178. The van der Waals surface area contributed by atoms with Crippen molar-refractivity contribution in [2.24, 2.45) is 18.5 Å². The lowest BCUT2D eigenvalue weighted by Crippen LogP contribution is -2.37. The van der Waals surface area contributed by atoms with Crippen molar-refractivity contribution >= 4 is 34.0 Å². The molecule has 146 valence electrons. The van der Waals surface area contributed by atoms with E-state index in [0.717, 1.165) is 40.3 Å². The second-order valence-corrected chi connectivity index (χ2v) is 7.91. The lowest BCUT2D eigenvalue weighted by molar-refractivity contribution is -0.119. The van der Waals surface area contributed by atoms with Crippen LogP contribution in [0.15, 0.2) is 41.8 Å². The van der Waals surface area contributed by atoms with Crippen molar-refractivity contribution in [3.8, 4) is 6.07 Å². The number of carbonyl (C=O) groups is 1. The van der Waals surface area contributed by atoms with Gasteiger partial charge in [0.1, 0.15) is 17.5 Å². The van der Waals surface area contributed by atoms with Crippen molar-refractivity contribution in [2.75, 3.05) is 18.0 Å². The van der Waals surface area contributed by atoms with E-state index in [0.29, 0.717) is 6.42 Å². The molecular weight excluding hydrogens is 370 g/mol. The Morgan fingerprint density at radius 1 is 1.25 bits per heavy atom. The molecule has 1 saturated heterocycles. The molecule has 0 bridgehead atoms. The van der Waals surface area contributed by atoms with Crippen LogP contribution in [0, 0.1) is 11.3 Å². The van der Waals surface area contributed by atoms with E-state index in [9.17, 15) is 10.1 Å². The molecule has 4 rings (SSSR count). The SMILES string of the molecule is Cn1c(N2CCCC2)c(C#N)c2ccccc21.NC(=O)[C@@H](N)Cc1cccs1. The van der Waals surface area contributed by atoms with Crippen LogP contribution in [0.25, 0.3) is 10.9 Å². The van der Waals surface area contributed by atoms with E-state index in [2.05, 4.69) is 28.7 Å². The third-order valence-corrected chi connectivity index (χ3v) is 5.86. The van der Waals surface area contributed by atoms with E-state index in [1.165, 1.54) is 12.8 Å². The van der Waals surface area contributed by atoms with Crippen molar-refractivity contribution in [3.05, 3.63) is 52.2 Å². The van der Waals surface area contributed by atoms with Crippen LogP contribution in [0.1, 0.15) is 23.3 Å². The van der Waals surface area contributed by atoms with Crippen molar-refractivity contribution < 1.29 is 4.79 Å². The van der Waals surface area contributed by atoms with Gasteiger partial charge in [-0.05, 0) is 30.4 Å². The molecule has 0 spiro atoms. The number of rotatable bonds is 4. The molecule has 1 aliphatic heterocycles. The molecular formula is C21H25N5OS. The Hall–Kier alpha value is -2.82. The topological polar surface area (TPSA) is 101 Å². The maximum absolute atomic E-state index is 10.5. The number of aromatic nitrogens is 1. The largest absolute Gasteiger partial charge is 0.368 e. The summed E-state index contributed by atoms with van der Waals surface area (Å²) in [6, 6.07) is 13.8. The molecule has 28 heavy (non-hydrogen) atoms. The molecule has 0 radical (unpaired) electrons. The second-order valence-electron chi connectivity index (χ2n) is 6.87. The van der Waals surface area contributed by atoms with Crippen LogP contribution in [0.2, 0.25) is 0 Å². The fraction of sp³-hybridized carbons (Fsp3) is 0.333. The number of nitrogens with two attached hydrogens (primary N) is 2. The van der Waals surface area contributed by atoms with Crippen molar-refractivity contribution in [2.45, 2.75) is 25.3 Å². The smallest absolute Gasteiger partial charge is 0.234 e. The summed E-state index contributed by atoms with van der Waals surface area (Å²) in [6.45, 7) is 2.14. The van der Waals surface area contributed by atoms with Crippen molar-refractivity contribution in [1.82, 2.24) is 4.57 Å². The zero-order chi connectivity index (χ0) is 20.1. The predicted octanol–water partition coefficient (Wildman–Crippen LogP) is 2.75. The average molecular weight is 396 g/mol.